The number of esters is 1. The van der Waals surface area contributed by atoms with Crippen molar-refractivity contribution in [1.29, 1.82) is 0 Å². The van der Waals surface area contributed by atoms with Crippen LogP contribution in [0.5, 0.6) is 17.2 Å². The first kappa shape index (κ1) is 47.2. The Balaban J connectivity index is 1.04. The number of carbonyl (C=O) groups is 3. The standard InChI is InChI=1S/C52H60N2O7S/c1-3-4-5-6-7-8-9-10-11-12-13-14-15-16-17-18-19-20-21-22-48(56)53-40(2)52(58)61-45-30-25-42(26-31-45)51-49(46-32-27-43(55)39-47(46)62-51)50(57)41-23-28-44(29-24-41)60-38-35-54-33-36-59-37-34-54/h4-5,7-8,10-11,13-14,16-17,19-20,23-32,39-40,55H,3,6,9,12,15,18,21-22,33-38H2,1-2H3,(H,53,56)/t40-/m0/s1. The van der Waals surface area contributed by atoms with Crippen LogP contribution < -0.4 is 14.8 Å². The van der Waals surface area contributed by atoms with Crippen molar-refractivity contribution in [3.05, 3.63) is 151 Å². The van der Waals surface area contributed by atoms with Crippen LogP contribution in [0.2, 0.25) is 0 Å². The Kier molecular flexibility index (Phi) is 20.2. The average molecular weight is 857 g/mol. The van der Waals surface area contributed by atoms with Gasteiger partial charge in [0.2, 0.25) is 5.91 Å². The second-order valence-corrected chi connectivity index (χ2v) is 15.9. The number of allylic oxidation sites excluding steroid dienone is 12. The Morgan fingerprint density at radius 2 is 1.35 bits per heavy atom. The molecule has 4 aromatic rings. The van der Waals surface area contributed by atoms with Crippen LogP contribution in [0.25, 0.3) is 20.5 Å². The molecule has 0 saturated carbocycles. The van der Waals surface area contributed by atoms with Crippen LogP contribution in [0.3, 0.4) is 0 Å². The Morgan fingerprint density at radius 1 is 0.774 bits per heavy atom. The van der Waals surface area contributed by atoms with Crippen LogP contribution in [0.4, 0.5) is 0 Å². The fraction of sp³-hybridized carbons (Fsp3) is 0.327. The highest BCUT2D eigenvalue weighted by atomic mass is 32.1. The van der Waals surface area contributed by atoms with Crippen molar-refractivity contribution >= 4 is 39.1 Å². The Bertz CT molecular complexity index is 2210. The molecule has 1 fully saturated rings. The van der Waals surface area contributed by atoms with Crippen LogP contribution in [0, 0.1) is 0 Å². The minimum Gasteiger partial charge on any atom is -0.508 e. The molecule has 2 N–H and O–H groups in total. The number of thiophene rings is 1. The molecular weight excluding hydrogens is 797 g/mol. The monoisotopic (exact) mass is 856 g/mol. The maximum Gasteiger partial charge on any atom is 0.333 e. The predicted octanol–water partition coefficient (Wildman–Crippen LogP) is 11.1. The molecule has 62 heavy (non-hydrogen) atoms. The van der Waals surface area contributed by atoms with E-state index in [2.05, 4.69) is 77.9 Å². The number of carbonyl (C=O) groups excluding carboxylic acids is 3. The number of aromatic hydroxyl groups is 1. The summed E-state index contributed by atoms with van der Waals surface area (Å²) in [6.45, 7) is 8.35. The topological polar surface area (TPSA) is 114 Å². The van der Waals surface area contributed by atoms with Crippen molar-refractivity contribution in [2.24, 2.45) is 0 Å². The summed E-state index contributed by atoms with van der Waals surface area (Å²) in [7, 11) is 0. The highest BCUT2D eigenvalue weighted by molar-refractivity contribution is 7.22. The number of rotatable bonds is 24. The molecule has 1 aliphatic heterocycles. The van der Waals surface area contributed by atoms with Crippen molar-refractivity contribution in [1.82, 2.24) is 10.2 Å². The third-order valence-electron chi connectivity index (χ3n) is 10.00. The summed E-state index contributed by atoms with van der Waals surface area (Å²) >= 11 is 1.40. The fourth-order valence-corrected chi connectivity index (χ4v) is 7.82. The van der Waals surface area contributed by atoms with Crippen LogP contribution in [-0.2, 0) is 14.3 Å². The quantitative estimate of drug-likeness (QED) is 0.0310. The number of ketones is 1. The SMILES string of the molecule is CCC=CCC=CCC=CCC=CCC=CCC=CCCC(=O)N[C@@H](C)C(=O)Oc1ccc(-c2sc3cc(O)ccc3c2C(=O)c2ccc(OCCN3CCOCC3)cc2)cc1. The first-order chi connectivity index (χ1) is 30.3. The number of hydrogen-bond acceptors (Lipinski definition) is 9. The van der Waals surface area contributed by atoms with Gasteiger partial charge in [-0.3, -0.25) is 14.5 Å². The van der Waals surface area contributed by atoms with Crippen LogP contribution in [0.15, 0.2) is 140 Å². The summed E-state index contributed by atoms with van der Waals surface area (Å²) in [5, 5.41) is 13.7. The molecule has 1 aliphatic rings. The van der Waals surface area contributed by atoms with E-state index in [9.17, 15) is 19.5 Å². The van der Waals surface area contributed by atoms with E-state index in [1.54, 1.807) is 61.5 Å². The van der Waals surface area contributed by atoms with Gasteiger partial charge in [0.25, 0.3) is 0 Å². The smallest absolute Gasteiger partial charge is 0.333 e. The zero-order chi connectivity index (χ0) is 43.8. The van der Waals surface area contributed by atoms with E-state index in [4.69, 9.17) is 14.2 Å². The molecule has 5 rings (SSSR count). The van der Waals surface area contributed by atoms with Gasteiger partial charge in [0.1, 0.15) is 29.9 Å². The largest absolute Gasteiger partial charge is 0.508 e. The number of hydrogen-bond donors (Lipinski definition) is 2. The van der Waals surface area contributed by atoms with E-state index >= 15 is 0 Å². The van der Waals surface area contributed by atoms with E-state index in [-0.39, 0.29) is 23.9 Å². The molecule has 9 nitrogen and oxygen atoms in total. The first-order valence-electron chi connectivity index (χ1n) is 21.7. The number of phenolic OH excluding ortho intramolecular Hbond substituents is 1. The summed E-state index contributed by atoms with van der Waals surface area (Å²) in [5.41, 5.74) is 1.79. The number of ether oxygens (including phenoxy) is 3. The fourth-order valence-electron chi connectivity index (χ4n) is 6.58. The van der Waals surface area contributed by atoms with Crippen LogP contribution in [0.1, 0.15) is 81.1 Å². The van der Waals surface area contributed by atoms with Crippen molar-refractivity contribution in [2.45, 2.75) is 71.3 Å². The molecule has 1 atom stereocenters. The molecule has 0 bridgehead atoms. The van der Waals surface area contributed by atoms with Gasteiger partial charge in [0.15, 0.2) is 5.78 Å². The lowest BCUT2D eigenvalue weighted by Gasteiger charge is -2.26. The van der Waals surface area contributed by atoms with Crippen molar-refractivity contribution < 1.29 is 33.7 Å². The molecule has 1 aromatic heterocycles. The van der Waals surface area contributed by atoms with Gasteiger partial charge in [-0.05, 0) is 124 Å². The number of fused-ring (bicyclic) bond motifs is 1. The summed E-state index contributed by atoms with van der Waals surface area (Å²) in [5.74, 6) is 0.145. The van der Waals surface area contributed by atoms with Gasteiger partial charge in [-0.25, -0.2) is 4.79 Å². The molecule has 1 saturated heterocycles. The van der Waals surface area contributed by atoms with Gasteiger partial charge in [-0.15, -0.1) is 11.3 Å². The average Bonchev–Trinajstić information content (AvgIpc) is 3.66. The summed E-state index contributed by atoms with van der Waals surface area (Å²) < 4.78 is 17.7. The Hall–Kier alpha value is -5.81. The van der Waals surface area contributed by atoms with Crippen molar-refractivity contribution in [3.8, 4) is 27.7 Å². The predicted molar refractivity (Wildman–Crippen MR) is 252 cm³/mol. The van der Waals surface area contributed by atoms with Gasteiger partial charge >= 0.3 is 5.97 Å². The molecule has 326 valence electrons. The lowest BCUT2D eigenvalue weighted by atomic mass is 9.97. The minimum absolute atomic E-state index is 0.111. The minimum atomic E-state index is -0.839. The molecule has 0 aliphatic carbocycles. The maximum absolute atomic E-state index is 14.1. The van der Waals surface area contributed by atoms with Crippen LogP contribution in [-0.4, -0.2) is 73.2 Å². The highest BCUT2D eigenvalue weighted by Crippen LogP contribution is 2.41. The Labute approximate surface area is 370 Å². The van der Waals surface area contributed by atoms with Gasteiger partial charge in [0, 0.05) is 52.1 Å². The summed E-state index contributed by atoms with van der Waals surface area (Å²) in [4.78, 5) is 42.6. The van der Waals surface area contributed by atoms with E-state index < -0.39 is 12.0 Å². The number of benzene rings is 3. The van der Waals surface area contributed by atoms with E-state index in [0.717, 1.165) is 91.9 Å². The summed E-state index contributed by atoms with van der Waals surface area (Å²) in [6.07, 6.45) is 32.2. The molecule has 0 spiro atoms. The summed E-state index contributed by atoms with van der Waals surface area (Å²) in [6, 6.07) is 18.3. The number of nitrogens with zero attached hydrogens (tertiary/aromatic N) is 1. The van der Waals surface area contributed by atoms with Crippen LogP contribution >= 0.6 is 11.3 Å². The molecular formula is C52H60N2O7S. The third kappa shape index (κ3) is 15.9. The third-order valence-corrected chi connectivity index (χ3v) is 11.2. The lowest BCUT2D eigenvalue weighted by Crippen LogP contribution is -2.40. The van der Waals surface area contributed by atoms with Gasteiger partial charge in [0.05, 0.1) is 13.2 Å². The number of nitrogens with one attached hydrogen (secondary N) is 1. The second-order valence-electron chi connectivity index (χ2n) is 14.8. The highest BCUT2D eigenvalue weighted by Gasteiger charge is 2.23. The lowest BCUT2D eigenvalue weighted by molar-refractivity contribution is -0.138. The van der Waals surface area contributed by atoms with E-state index in [1.165, 1.54) is 11.3 Å². The second kappa shape index (κ2) is 26.5. The molecule has 0 radical (unpaired) electrons. The molecule has 2 heterocycles. The number of amides is 1. The number of morpholine rings is 1. The number of phenols is 1. The molecule has 1 amide bonds. The maximum atomic E-state index is 14.1. The van der Waals surface area contributed by atoms with Gasteiger partial charge in [-0.2, -0.15) is 0 Å². The normalized spacial score (nSPS) is 14.4. The molecule has 3 aromatic carbocycles. The zero-order valence-electron chi connectivity index (χ0n) is 36.0. The zero-order valence-corrected chi connectivity index (χ0v) is 36.8. The Morgan fingerprint density at radius 3 is 1.97 bits per heavy atom. The van der Waals surface area contributed by atoms with E-state index in [1.807, 2.05) is 24.3 Å². The van der Waals surface area contributed by atoms with Crippen molar-refractivity contribution in [3.63, 3.8) is 0 Å². The van der Waals surface area contributed by atoms with E-state index in [0.29, 0.717) is 35.7 Å². The van der Waals surface area contributed by atoms with Crippen molar-refractivity contribution in [2.75, 3.05) is 39.5 Å². The van der Waals surface area contributed by atoms with Gasteiger partial charge in [-0.1, -0.05) is 79.8 Å². The molecule has 10 heteroatoms. The molecule has 0 unspecified atom stereocenters. The first-order valence-corrected chi connectivity index (χ1v) is 22.5. The van der Waals surface area contributed by atoms with Gasteiger partial charge < -0.3 is 24.6 Å².